The summed E-state index contributed by atoms with van der Waals surface area (Å²) in [7, 11) is -3.48. The molecule has 0 bridgehead atoms. The summed E-state index contributed by atoms with van der Waals surface area (Å²) < 4.78 is 26.5. The highest BCUT2D eigenvalue weighted by Crippen LogP contribution is 2.13. The number of nitrogens with zero attached hydrogens (tertiary/aromatic N) is 2. The normalized spacial score (nSPS) is 15.8. The second kappa shape index (κ2) is 9.17. The van der Waals surface area contributed by atoms with Crippen molar-refractivity contribution in [3.05, 3.63) is 76.7 Å². The van der Waals surface area contributed by atoms with Gasteiger partial charge in [-0.05, 0) is 30.5 Å². The molecule has 1 aliphatic rings. The van der Waals surface area contributed by atoms with E-state index in [1.54, 1.807) is 11.0 Å². The summed E-state index contributed by atoms with van der Waals surface area (Å²) in [5, 5.41) is 1.25. The fourth-order valence-corrected chi connectivity index (χ4v) is 4.46. The summed E-state index contributed by atoms with van der Waals surface area (Å²) in [4.78, 5) is 14.2. The highest BCUT2D eigenvalue weighted by molar-refractivity contribution is 7.92. The van der Waals surface area contributed by atoms with E-state index in [4.69, 9.17) is 0 Å². The van der Waals surface area contributed by atoms with Crippen molar-refractivity contribution in [1.29, 1.82) is 0 Å². The van der Waals surface area contributed by atoms with Gasteiger partial charge in [-0.1, -0.05) is 60.2 Å². The van der Waals surface area contributed by atoms with Crippen LogP contribution in [-0.4, -0.2) is 49.7 Å². The molecular weight excluding hydrogens is 372 g/mol. The van der Waals surface area contributed by atoms with E-state index in [1.807, 2.05) is 55.5 Å². The lowest BCUT2D eigenvalue weighted by Crippen LogP contribution is -2.50. The minimum Gasteiger partial charge on any atom is -0.340 e. The van der Waals surface area contributed by atoms with Crippen LogP contribution in [0.15, 0.2) is 60.0 Å². The summed E-state index contributed by atoms with van der Waals surface area (Å²) in [6.45, 7) is 3.57. The molecule has 1 saturated heterocycles. The van der Waals surface area contributed by atoms with Gasteiger partial charge in [0.05, 0.1) is 0 Å². The van der Waals surface area contributed by atoms with Crippen LogP contribution in [0.25, 0.3) is 6.08 Å². The van der Waals surface area contributed by atoms with Crippen molar-refractivity contribution in [2.45, 2.75) is 19.8 Å². The van der Waals surface area contributed by atoms with Gasteiger partial charge < -0.3 is 4.90 Å². The van der Waals surface area contributed by atoms with Crippen molar-refractivity contribution in [2.24, 2.45) is 0 Å². The molecule has 6 heteroatoms. The Morgan fingerprint density at radius 3 is 2.39 bits per heavy atom. The quantitative estimate of drug-likeness (QED) is 0.751. The van der Waals surface area contributed by atoms with Crippen molar-refractivity contribution in [3.8, 4) is 0 Å². The van der Waals surface area contributed by atoms with Gasteiger partial charge in [0.25, 0.3) is 0 Å². The second-order valence-corrected chi connectivity index (χ2v) is 8.85. The molecule has 148 valence electrons. The zero-order valence-electron chi connectivity index (χ0n) is 16.1. The third-order valence-corrected chi connectivity index (χ3v) is 6.46. The van der Waals surface area contributed by atoms with Crippen molar-refractivity contribution in [1.82, 2.24) is 9.21 Å². The van der Waals surface area contributed by atoms with Crippen LogP contribution in [0, 0.1) is 6.92 Å². The molecule has 28 heavy (non-hydrogen) atoms. The number of carbonyl (C=O) groups is 1. The smallest absolute Gasteiger partial charge is 0.236 e. The fraction of sp³-hybridized carbons (Fsp3) is 0.318. The van der Waals surface area contributed by atoms with E-state index in [1.165, 1.54) is 15.3 Å². The van der Waals surface area contributed by atoms with Crippen LogP contribution in [0.1, 0.15) is 23.1 Å². The minimum absolute atomic E-state index is 0.0818. The number of hydrogen-bond acceptors (Lipinski definition) is 3. The average Bonchev–Trinajstić information content (AvgIpc) is 2.71. The largest absolute Gasteiger partial charge is 0.340 e. The third kappa shape index (κ3) is 5.53. The van der Waals surface area contributed by atoms with Gasteiger partial charge in [-0.15, -0.1) is 0 Å². The first kappa shape index (κ1) is 20.3. The minimum atomic E-state index is -3.48. The maximum absolute atomic E-state index is 12.5. The highest BCUT2D eigenvalue weighted by atomic mass is 32.2. The number of piperazine rings is 1. The van der Waals surface area contributed by atoms with Crippen molar-refractivity contribution in [2.75, 3.05) is 26.2 Å². The first-order chi connectivity index (χ1) is 13.4. The number of benzene rings is 2. The Hall–Kier alpha value is -2.44. The Bertz CT molecular complexity index is 931. The topological polar surface area (TPSA) is 57.7 Å². The summed E-state index contributed by atoms with van der Waals surface area (Å²) in [6, 6.07) is 17.5. The standard InChI is InChI=1S/C22H26N2O3S/c1-19-6-5-9-21(18-19)10-11-22(25)23-13-15-24(16-14-23)28(26,27)17-12-20-7-3-2-4-8-20/h2-9,12,17-18H,10-11,13-16H2,1H3/b17-12+. The lowest BCUT2D eigenvalue weighted by molar-refractivity contribution is -0.132. The van der Waals surface area contributed by atoms with Crippen LogP contribution in [0.5, 0.6) is 0 Å². The predicted octanol–water partition coefficient (Wildman–Crippen LogP) is 3.07. The number of hydrogen-bond donors (Lipinski definition) is 0. The molecule has 0 atom stereocenters. The molecule has 1 heterocycles. The molecule has 0 N–H and O–H groups in total. The Balaban J connectivity index is 1.50. The Morgan fingerprint density at radius 1 is 1.00 bits per heavy atom. The van der Waals surface area contributed by atoms with Gasteiger partial charge in [0.1, 0.15) is 0 Å². The van der Waals surface area contributed by atoms with Crippen LogP contribution in [-0.2, 0) is 21.2 Å². The fourth-order valence-electron chi connectivity index (χ4n) is 3.28. The van der Waals surface area contributed by atoms with E-state index >= 15 is 0 Å². The predicted molar refractivity (Wildman–Crippen MR) is 112 cm³/mol. The summed E-state index contributed by atoms with van der Waals surface area (Å²) >= 11 is 0. The molecular formula is C22H26N2O3S. The molecule has 0 aliphatic carbocycles. The second-order valence-electron chi connectivity index (χ2n) is 7.03. The Kier molecular flexibility index (Phi) is 6.65. The molecule has 0 unspecified atom stereocenters. The molecule has 5 nitrogen and oxygen atoms in total. The molecule has 3 rings (SSSR count). The summed E-state index contributed by atoms with van der Waals surface area (Å²) in [6.07, 6.45) is 2.76. The van der Waals surface area contributed by atoms with Gasteiger partial charge in [-0.25, -0.2) is 8.42 Å². The Labute approximate surface area is 167 Å². The molecule has 1 fully saturated rings. The van der Waals surface area contributed by atoms with E-state index < -0.39 is 10.0 Å². The summed E-state index contributed by atoms with van der Waals surface area (Å²) in [5.74, 6) is 0.0818. The molecule has 1 amide bonds. The molecule has 0 radical (unpaired) electrons. The van der Waals surface area contributed by atoms with E-state index in [-0.39, 0.29) is 5.91 Å². The van der Waals surface area contributed by atoms with E-state index in [2.05, 4.69) is 6.07 Å². The lowest BCUT2D eigenvalue weighted by Gasteiger charge is -2.33. The number of rotatable bonds is 6. The molecule has 2 aromatic carbocycles. The van der Waals surface area contributed by atoms with Crippen LogP contribution >= 0.6 is 0 Å². The van der Waals surface area contributed by atoms with E-state index in [0.717, 1.165) is 11.1 Å². The van der Waals surface area contributed by atoms with Gasteiger partial charge in [0.2, 0.25) is 15.9 Å². The first-order valence-electron chi connectivity index (χ1n) is 9.51. The molecule has 0 aromatic heterocycles. The van der Waals surface area contributed by atoms with Gasteiger partial charge >= 0.3 is 0 Å². The maximum Gasteiger partial charge on any atom is 0.236 e. The van der Waals surface area contributed by atoms with Crippen molar-refractivity contribution >= 4 is 22.0 Å². The van der Waals surface area contributed by atoms with Crippen LogP contribution in [0.2, 0.25) is 0 Å². The number of amides is 1. The van der Waals surface area contributed by atoms with Gasteiger partial charge in [0, 0.05) is 38.0 Å². The van der Waals surface area contributed by atoms with E-state index in [0.29, 0.717) is 39.0 Å². The van der Waals surface area contributed by atoms with Crippen LogP contribution < -0.4 is 0 Å². The van der Waals surface area contributed by atoms with Crippen molar-refractivity contribution in [3.63, 3.8) is 0 Å². The average molecular weight is 399 g/mol. The lowest BCUT2D eigenvalue weighted by atomic mass is 10.1. The number of aryl methyl sites for hydroxylation is 2. The zero-order chi connectivity index (χ0) is 20.0. The Morgan fingerprint density at radius 2 is 1.71 bits per heavy atom. The van der Waals surface area contributed by atoms with E-state index in [9.17, 15) is 13.2 Å². The van der Waals surface area contributed by atoms with Gasteiger partial charge in [-0.3, -0.25) is 4.79 Å². The molecule has 0 saturated carbocycles. The van der Waals surface area contributed by atoms with Crippen LogP contribution in [0.3, 0.4) is 0 Å². The monoisotopic (exact) mass is 398 g/mol. The van der Waals surface area contributed by atoms with Gasteiger partial charge in [0.15, 0.2) is 0 Å². The van der Waals surface area contributed by atoms with Gasteiger partial charge in [-0.2, -0.15) is 4.31 Å². The first-order valence-corrected chi connectivity index (χ1v) is 11.0. The SMILES string of the molecule is Cc1cccc(CCC(=O)N2CCN(S(=O)(=O)/C=C/c3ccccc3)CC2)c1. The number of carbonyl (C=O) groups excluding carboxylic acids is 1. The molecule has 0 spiro atoms. The van der Waals surface area contributed by atoms with Crippen molar-refractivity contribution < 1.29 is 13.2 Å². The zero-order valence-corrected chi connectivity index (χ0v) is 16.9. The highest BCUT2D eigenvalue weighted by Gasteiger charge is 2.27. The number of sulfonamides is 1. The maximum atomic E-state index is 12.5. The molecule has 2 aromatic rings. The van der Waals surface area contributed by atoms with Crippen LogP contribution in [0.4, 0.5) is 0 Å². The summed E-state index contributed by atoms with van der Waals surface area (Å²) in [5.41, 5.74) is 3.18. The molecule has 1 aliphatic heterocycles. The third-order valence-electron chi connectivity index (χ3n) is 4.89.